The summed E-state index contributed by atoms with van der Waals surface area (Å²) in [7, 11) is 2.51. The molecule has 0 unspecified atom stereocenters. The molecule has 0 aliphatic carbocycles. The van der Waals surface area contributed by atoms with Gasteiger partial charge in [0.15, 0.2) is 0 Å². The van der Waals surface area contributed by atoms with Crippen LogP contribution in [-0.2, 0) is 41.5 Å². The molecule has 0 aromatic heterocycles. The van der Waals surface area contributed by atoms with Crippen LogP contribution in [0.3, 0.4) is 0 Å². The molecule has 0 aliphatic rings. The number of esters is 2. The summed E-state index contributed by atoms with van der Waals surface area (Å²) in [6.07, 6.45) is 0.213. The monoisotopic (exact) mass is 482 g/mol. The van der Waals surface area contributed by atoms with Gasteiger partial charge in [0.2, 0.25) is 0 Å². The summed E-state index contributed by atoms with van der Waals surface area (Å²) in [4.78, 5) is 43.8. The smallest absolute Gasteiger partial charge is 0.550 e. The maximum Gasteiger partial charge on any atom is 1.00 e. The molecule has 33 heavy (non-hydrogen) atoms. The van der Waals surface area contributed by atoms with Crippen LogP contribution in [0.15, 0.2) is 60.7 Å². The number of hydrogen-bond acceptors (Lipinski definition) is 7. The Labute approximate surface area is 235 Å². The molecule has 0 saturated carbocycles. The minimum absolute atomic E-state index is 0. The second-order valence-electron chi connectivity index (χ2n) is 6.99. The van der Waals surface area contributed by atoms with Crippen molar-refractivity contribution in [1.82, 2.24) is 0 Å². The van der Waals surface area contributed by atoms with Gasteiger partial charge in [0.25, 0.3) is 0 Å². The third-order valence-electron chi connectivity index (χ3n) is 4.55. The Balaban J connectivity index is 0.000000602. The number of carboxylic acids is 2. The largest absolute Gasteiger partial charge is 1.00 e. The zero-order chi connectivity index (χ0) is 23.9. The summed E-state index contributed by atoms with van der Waals surface area (Å²) >= 11 is 0. The van der Waals surface area contributed by atoms with Crippen LogP contribution < -0.4 is 56.5 Å². The van der Waals surface area contributed by atoms with Gasteiger partial charge in [-0.05, 0) is 24.0 Å². The van der Waals surface area contributed by atoms with Gasteiger partial charge in [-0.15, -0.1) is 0 Å². The minimum Gasteiger partial charge on any atom is -0.550 e. The van der Waals surface area contributed by atoms with Crippen LogP contribution in [-0.4, -0.2) is 43.2 Å². The van der Waals surface area contributed by atoms with Crippen LogP contribution in [0.25, 0.3) is 0 Å². The molecule has 2 rings (SSSR count). The van der Waals surface area contributed by atoms with E-state index >= 15 is 0 Å². The predicted molar refractivity (Wildman–Crippen MR) is 113 cm³/mol. The van der Waals surface area contributed by atoms with E-state index in [-0.39, 0.29) is 64.2 Å². The van der Waals surface area contributed by atoms with Crippen molar-refractivity contribution in [1.29, 1.82) is 0 Å². The number of ether oxygens (including phenoxy) is 2. The van der Waals surface area contributed by atoms with E-state index in [9.17, 15) is 24.3 Å². The zero-order valence-electron chi connectivity index (χ0n) is 19.1. The first-order valence-corrected chi connectivity index (χ1v) is 9.91. The molecular formula is C24H27KO8. The van der Waals surface area contributed by atoms with Crippen molar-refractivity contribution in [2.24, 2.45) is 11.8 Å². The molecule has 8 nitrogen and oxygen atoms in total. The first-order chi connectivity index (χ1) is 15.3. The summed E-state index contributed by atoms with van der Waals surface area (Å²) in [5.41, 5.74) is 1.83. The minimum atomic E-state index is -1.24. The molecule has 172 valence electrons. The molecule has 0 aliphatic heterocycles. The van der Waals surface area contributed by atoms with E-state index in [4.69, 9.17) is 5.11 Å². The number of hydrogen-bond donors (Lipinski definition) is 1. The van der Waals surface area contributed by atoms with Crippen molar-refractivity contribution in [3.8, 4) is 0 Å². The molecule has 0 radical (unpaired) electrons. The maximum atomic E-state index is 11.4. The van der Waals surface area contributed by atoms with E-state index in [2.05, 4.69) is 9.47 Å². The van der Waals surface area contributed by atoms with Gasteiger partial charge >= 0.3 is 69.3 Å². The summed E-state index contributed by atoms with van der Waals surface area (Å²) < 4.78 is 9.14. The number of carbonyl (C=O) groups excluding carboxylic acids is 3. The Morgan fingerprint density at radius 2 is 1.12 bits per heavy atom. The quantitative estimate of drug-likeness (QED) is 0.325. The molecule has 2 aromatic carbocycles. The van der Waals surface area contributed by atoms with Crippen LogP contribution in [0.5, 0.6) is 0 Å². The molecule has 0 bridgehead atoms. The normalized spacial score (nSPS) is 11.5. The summed E-state index contributed by atoms with van der Waals surface area (Å²) in [6.45, 7) is 0. The SMILES string of the molecule is COC(=O)[C@H](CC(=O)O)Cc1ccccc1.COC(=O)[C@H](CC(=O)[O-])Cc1ccccc1.[K+]. The van der Waals surface area contributed by atoms with Crippen molar-refractivity contribution < 1.29 is 90.2 Å². The van der Waals surface area contributed by atoms with E-state index in [0.29, 0.717) is 12.8 Å². The number of carboxylic acid groups (broad SMARTS) is 2. The molecule has 2 aromatic rings. The average Bonchev–Trinajstić information content (AvgIpc) is 2.78. The maximum absolute atomic E-state index is 11.4. The van der Waals surface area contributed by atoms with Gasteiger partial charge in [-0.2, -0.15) is 0 Å². The summed E-state index contributed by atoms with van der Waals surface area (Å²) in [5.74, 6) is -4.54. The number of carbonyl (C=O) groups is 4. The third kappa shape index (κ3) is 13.3. The van der Waals surface area contributed by atoms with Gasteiger partial charge in [-0.3, -0.25) is 14.4 Å². The summed E-state index contributed by atoms with van der Waals surface area (Å²) in [6, 6.07) is 18.5. The van der Waals surface area contributed by atoms with Gasteiger partial charge in [0.1, 0.15) is 0 Å². The fourth-order valence-corrected chi connectivity index (χ4v) is 3.02. The van der Waals surface area contributed by atoms with E-state index in [0.717, 1.165) is 11.1 Å². The van der Waals surface area contributed by atoms with Gasteiger partial charge in [0, 0.05) is 12.4 Å². The van der Waals surface area contributed by atoms with Crippen LogP contribution in [0.4, 0.5) is 0 Å². The number of rotatable bonds is 10. The van der Waals surface area contributed by atoms with Gasteiger partial charge in [-0.1, -0.05) is 60.7 Å². The van der Waals surface area contributed by atoms with Crippen LogP contribution in [0.2, 0.25) is 0 Å². The molecule has 0 fully saturated rings. The fourth-order valence-electron chi connectivity index (χ4n) is 3.02. The number of methoxy groups -OCH3 is 2. The second-order valence-corrected chi connectivity index (χ2v) is 6.99. The van der Waals surface area contributed by atoms with Crippen molar-refractivity contribution in [3.63, 3.8) is 0 Å². The second kappa shape index (κ2) is 17.4. The molecule has 9 heteroatoms. The van der Waals surface area contributed by atoms with Crippen molar-refractivity contribution in [3.05, 3.63) is 71.8 Å². The number of benzene rings is 2. The van der Waals surface area contributed by atoms with E-state index in [1.807, 2.05) is 60.7 Å². The summed E-state index contributed by atoms with van der Waals surface area (Å²) in [5, 5.41) is 19.2. The Bertz CT molecular complexity index is 797. The van der Waals surface area contributed by atoms with E-state index < -0.39 is 35.7 Å². The van der Waals surface area contributed by atoms with Crippen LogP contribution in [0, 0.1) is 11.8 Å². The zero-order valence-corrected chi connectivity index (χ0v) is 22.2. The van der Waals surface area contributed by atoms with E-state index in [1.54, 1.807) is 0 Å². The molecule has 0 saturated heterocycles. The fraction of sp³-hybridized carbons (Fsp3) is 0.333. The molecular weight excluding hydrogens is 455 g/mol. The van der Waals surface area contributed by atoms with E-state index in [1.165, 1.54) is 14.2 Å². The molecule has 0 spiro atoms. The first kappa shape index (κ1) is 31.0. The topological polar surface area (TPSA) is 130 Å². The Kier molecular flexibility index (Phi) is 16.4. The van der Waals surface area contributed by atoms with Crippen molar-refractivity contribution in [2.45, 2.75) is 25.7 Å². The third-order valence-corrected chi connectivity index (χ3v) is 4.55. The predicted octanol–water partition coefficient (Wildman–Crippen LogP) is -1.34. The Hall–Kier alpha value is -2.04. The van der Waals surface area contributed by atoms with Crippen molar-refractivity contribution >= 4 is 23.9 Å². The van der Waals surface area contributed by atoms with Gasteiger partial charge in [-0.25, -0.2) is 0 Å². The van der Waals surface area contributed by atoms with Crippen LogP contribution in [0.1, 0.15) is 24.0 Å². The molecule has 0 heterocycles. The number of aliphatic carboxylic acids is 2. The molecule has 0 amide bonds. The average molecular weight is 483 g/mol. The molecule has 2 atom stereocenters. The Morgan fingerprint density at radius 1 is 0.758 bits per heavy atom. The molecule has 1 N–H and O–H groups in total. The first-order valence-electron chi connectivity index (χ1n) is 9.91. The van der Waals surface area contributed by atoms with Crippen molar-refractivity contribution in [2.75, 3.05) is 14.2 Å². The standard InChI is InChI=1S/2C12H14O4.K/c2*1-16-12(15)10(8-11(13)14)7-9-5-3-2-4-6-9;/h2*2-6,10H,7-8H2,1H3,(H,13,14);/q;;+1/p-1/t2*10-;/m00./s1. The van der Waals surface area contributed by atoms with Gasteiger partial charge in [0.05, 0.1) is 32.5 Å². The van der Waals surface area contributed by atoms with Gasteiger partial charge < -0.3 is 24.5 Å². The van der Waals surface area contributed by atoms with Crippen LogP contribution >= 0.6 is 0 Å². The Morgan fingerprint density at radius 3 is 1.42 bits per heavy atom.